The van der Waals surface area contributed by atoms with E-state index in [-0.39, 0.29) is 0 Å². The van der Waals surface area contributed by atoms with Crippen LogP contribution < -0.4 is 11.5 Å². The minimum atomic E-state index is -6.67. The van der Waals surface area contributed by atoms with Crippen molar-refractivity contribution in [3.8, 4) is 0 Å². The number of nitrogens with two attached hydrogens (primary N) is 2. The molecule has 0 saturated heterocycles. The highest BCUT2D eigenvalue weighted by Gasteiger charge is 2.48. The zero-order valence-corrected chi connectivity index (χ0v) is 23.4. The molecule has 0 aliphatic heterocycles. The Hall–Kier alpha value is -2.76. The summed E-state index contributed by atoms with van der Waals surface area (Å²) in [6, 6.07) is 3.99. The van der Waals surface area contributed by atoms with E-state index in [0.717, 1.165) is 18.2 Å². The van der Waals surface area contributed by atoms with Crippen molar-refractivity contribution in [3.05, 3.63) is 35.4 Å². The van der Waals surface area contributed by atoms with Crippen LogP contribution in [0, 0.1) is 0 Å². The Kier molecular flexibility index (Phi) is 8.32. The lowest BCUT2D eigenvalue weighted by Gasteiger charge is -2.22. The number of anilines is 1. The van der Waals surface area contributed by atoms with E-state index in [4.69, 9.17) is 11.5 Å². The maximum absolute atomic E-state index is 12.5. The van der Waals surface area contributed by atoms with Gasteiger partial charge in [-0.3, -0.25) is 27.3 Å². The molecule has 0 aromatic heterocycles. The topological polar surface area (TPSA) is 378 Å². The van der Waals surface area contributed by atoms with Gasteiger partial charge in [0.1, 0.15) is 29.4 Å². The Morgan fingerprint density at radius 2 is 0.825 bits per heavy atom. The van der Waals surface area contributed by atoms with Gasteiger partial charge >= 0.3 is 0 Å². The fourth-order valence-corrected chi connectivity index (χ4v) is 10.7. The van der Waals surface area contributed by atoms with Gasteiger partial charge in [-0.05, 0) is 6.07 Å². The summed E-state index contributed by atoms with van der Waals surface area (Å²) in [6.45, 7) is 0. The molecule has 0 unspecified atom stereocenters. The number of hydrogen-bond acceptors (Lipinski definition) is 14. The molecule has 0 atom stereocenters. The van der Waals surface area contributed by atoms with Crippen molar-refractivity contribution >= 4 is 77.0 Å². The molecule has 0 heterocycles. The molecule has 2 aromatic rings. The first kappa shape index (κ1) is 33.4. The van der Waals surface area contributed by atoms with E-state index in [1.165, 1.54) is 6.07 Å². The van der Waals surface area contributed by atoms with Gasteiger partial charge in [0.2, 0.25) is 0 Å². The fraction of sp³-hybridized carbons (Fsp3) is 0. The molecular formula is C14H14N2O18S6. The second-order valence-electron chi connectivity index (χ2n) is 7.20. The Labute approximate surface area is 225 Å². The molecule has 0 saturated carbocycles. The average Bonchev–Trinajstić information content (AvgIpc) is 2.67. The summed E-state index contributed by atoms with van der Waals surface area (Å²) in [5, 5.41) is 0. The minimum absolute atomic E-state index is 0.553. The molecule has 0 aliphatic carbocycles. The van der Waals surface area contributed by atoms with Crippen LogP contribution in [-0.4, -0.2) is 77.8 Å². The number of rotatable bonds is 8. The van der Waals surface area contributed by atoms with Crippen LogP contribution in [0.1, 0.15) is 11.1 Å². The van der Waals surface area contributed by atoms with Crippen molar-refractivity contribution in [2.24, 2.45) is 5.73 Å². The second kappa shape index (κ2) is 9.95. The van der Waals surface area contributed by atoms with Gasteiger partial charge in [-0.1, -0.05) is 18.2 Å². The van der Waals surface area contributed by atoms with Gasteiger partial charge in [0.05, 0.1) is 5.70 Å². The van der Waals surface area contributed by atoms with E-state index in [1.807, 2.05) is 0 Å². The zero-order chi connectivity index (χ0) is 31.6. The van der Waals surface area contributed by atoms with Crippen molar-refractivity contribution in [2.45, 2.75) is 24.5 Å². The third kappa shape index (κ3) is 6.42. The molecule has 10 N–H and O–H groups in total. The highest BCUT2D eigenvalue weighted by molar-refractivity contribution is 7.96. The van der Waals surface area contributed by atoms with Crippen LogP contribution in [0.25, 0.3) is 10.6 Å². The maximum atomic E-state index is 12.5. The summed E-state index contributed by atoms with van der Waals surface area (Å²) in [7, 11) is -39.7. The third-order valence-corrected chi connectivity index (χ3v) is 10.6. The molecule has 0 amide bonds. The van der Waals surface area contributed by atoms with Crippen LogP contribution in [0.15, 0.2) is 48.7 Å². The summed E-state index contributed by atoms with van der Waals surface area (Å²) in [5.74, 6) is 0. The van der Waals surface area contributed by atoms with E-state index in [0.29, 0.717) is 0 Å². The lowest BCUT2D eigenvalue weighted by molar-refractivity contribution is 0.438. The lowest BCUT2D eigenvalue weighted by atomic mass is 10.1. The SMILES string of the molecule is NC(=C(c1c(S(=O)(=O)O)c(S(=O)(=O)O)c(S(=O)(=O)O)c(S(=O)(=O)O)c1S(=O)(=O)O)S(=O)(=O)O)c1ccccc1N. The summed E-state index contributed by atoms with van der Waals surface area (Å²) in [6.07, 6.45) is 0. The maximum Gasteiger partial charge on any atom is 0.297 e. The molecular weight excluding hydrogens is 677 g/mol. The van der Waals surface area contributed by atoms with Gasteiger partial charge in [0.15, 0.2) is 0 Å². The number of benzene rings is 2. The van der Waals surface area contributed by atoms with Crippen molar-refractivity contribution in [1.29, 1.82) is 0 Å². The third-order valence-electron chi connectivity index (χ3n) is 4.55. The van der Waals surface area contributed by atoms with Crippen LogP contribution in [0.5, 0.6) is 0 Å². The Balaban J connectivity index is 3.94. The second-order valence-corrected chi connectivity index (χ2v) is 15.4. The van der Waals surface area contributed by atoms with Gasteiger partial charge in [0.25, 0.3) is 60.7 Å². The Bertz CT molecular complexity index is 2060. The predicted octanol–water partition coefficient (Wildman–Crippen LogP) is -1.83. The van der Waals surface area contributed by atoms with Gasteiger partial charge < -0.3 is 11.5 Å². The first-order valence-corrected chi connectivity index (χ1v) is 17.6. The quantitative estimate of drug-likeness (QED) is 0.0857. The van der Waals surface area contributed by atoms with Crippen LogP contribution in [0.2, 0.25) is 0 Å². The fourth-order valence-electron chi connectivity index (χ4n) is 3.31. The predicted molar refractivity (Wildman–Crippen MR) is 129 cm³/mol. The molecule has 20 nitrogen and oxygen atoms in total. The normalized spacial score (nSPS) is 14.6. The summed E-state index contributed by atoms with van der Waals surface area (Å²) >= 11 is 0. The Morgan fingerprint density at radius 3 is 1.10 bits per heavy atom. The molecule has 0 bridgehead atoms. The van der Waals surface area contributed by atoms with E-state index in [9.17, 15) is 77.8 Å². The van der Waals surface area contributed by atoms with Crippen LogP contribution >= 0.6 is 0 Å². The molecule has 2 rings (SSSR count). The van der Waals surface area contributed by atoms with E-state index < -0.39 is 113 Å². The van der Waals surface area contributed by atoms with Gasteiger partial charge in [-0.15, -0.1) is 0 Å². The smallest absolute Gasteiger partial charge is 0.297 e. The molecule has 0 fully saturated rings. The zero-order valence-electron chi connectivity index (χ0n) is 18.5. The van der Waals surface area contributed by atoms with Crippen LogP contribution in [0.3, 0.4) is 0 Å². The first-order valence-electron chi connectivity index (χ1n) is 8.97. The molecule has 2 aromatic carbocycles. The number of para-hydroxylation sites is 1. The lowest BCUT2D eigenvalue weighted by Crippen LogP contribution is -2.26. The molecule has 0 aliphatic rings. The number of hydrogen-bond donors (Lipinski definition) is 8. The monoisotopic (exact) mass is 690 g/mol. The first-order chi connectivity index (χ1) is 17.5. The van der Waals surface area contributed by atoms with Gasteiger partial charge in [-0.2, -0.15) is 50.5 Å². The van der Waals surface area contributed by atoms with Crippen molar-refractivity contribution in [3.63, 3.8) is 0 Å². The van der Waals surface area contributed by atoms with Crippen molar-refractivity contribution < 1.29 is 77.8 Å². The minimum Gasteiger partial charge on any atom is -0.398 e. The van der Waals surface area contributed by atoms with E-state index in [1.54, 1.807) is 0 Å². The molecule has 0 radical (unpaired) electrons. The Morgan fingerprint density at radius 1 is 0.525 bits per heavy atom. The molecule has 224 valence electrons. The average molecular weight is 691 g/mol. The highest BCUT2D eigenvalue weighted by atomic mass is 32.2. The van der Waals surface area contributed by atoms with Crippen molar-refractivity contribution in [2.75, 3.05) is 5.73 Å². The highest BCUT2D eigenvalue weighted by Crippen LogP contribution is 2.46. The van der Waals surface area contributed by atoms with E-state index in [2.05, 4.69) is 0 Å². The van der Waals surface area contributed by atoms with Crippen LogP contribution in [0.4, 0.5) is 5.69 Å². The molecule has 0 spiro atoms. The van der Waals surface area contributed by atoms with Crippen LogP contribution in [-0.2, 0) is 60.7 Å². The summed E-state index contributed by atoms with van der Waals surface area (Å²) < 4.78 is 205. The van der Waals surface area contributed by atoms with E-state index >= 15 is 0 Å². The van der Waals surface area contributed by atoms with Gasteiger partial charge in [0, 0.05) is 16.8 Å². The molecule has 40 heavy (non-hydrogen) atoms. The molecule has 26 heteroatoms. The van der Waals surface area contributed by atoms with Crippen molar-refractivity contribution in [1.82, 2.24) is 0 Å². The number of nitrogen functional groups attached to an aromatic ring is 1. The van der Waals surface area contributed by atoms with Gasteiger partial charge in [-0.25, -0.2) is 0 Å². The summed E-state index contributed by atoms with van der Waals surface area (Å²) in [4.78, 5) is -17.1. The standard InChI is InChI=1S/C14H14N2O18S6/c15-6-4-2-1-3-5(6)8(16)9(35(17,18)19)7-10(36(20,21)22)12(38(26,27)28)14(40(32,33)34)13(39(29,30)31)11(7)37(23,24)25/h1-4H,15-16H2,(H,17,18,19)(H,20,21,22)(H,23,24,25)(H,26,27,28)(H,29,30,31)(H,32,33,34). The summed E-state index contributed by atoms with van der Waals surface area (Å²) in [5.41, 5.74) is 5.71. The largest absolute Gasteiger partial charge is 0.398 e.